The van der Waals surface area contributed by atoms with Gasteiger partial charge < -0.3 is 0 Å². The van der Waals surface area contributed by atoms with E-state index in [1.807, 2.05) is 0 Å². The molecule has 0 spiro atoms. The van der Waals surface area contributed by atoms with Crippen molar-refractivity contribution in [2.45, 2.75) is 33.6 Å². The van der Waals surface area contributed by atoms with Crippen molar-refractivity contribution in [3.8, 4) is 11.8 Å². The van der Waals surface area contributed by atoms with Gasteiger partial charge in [-0.15, -0.1) is 11.8 Å². The van der Waals surface area contributed by atoms with Gasteiger partial charge in [-0.1, -0.05) is 20.8 Å². The van der Waals surface area contributed by atoms with Gasteiger partial charge in [-0.2, -0.15) is 0 Å². The molecule has 0 aliphatic rings. The van der Waals surface area contributed by atoms with Crippen LogP contribution in [-0.4, -0.2) is 0 Å². The van der Waals surface area contributed by atoms with E-state index in [1.54, 1.807) is 0 Å². The minimum absolute atomic E-state index is 0.469. The van der Waals surface area contributed by atoms with Crippen molar-refractivity contribution in [2.75, 3.05) is 0 Å². The van der Waals surface area contributed by atoms with Gasteiger partial charge in [0.05, 0.1) is 0 Å². The van der Waals surface area contributed by atoms with E-state index >= 15 is 0 Å². The molecule has 2 atom stereocenters. The molecule has 0 nitrogen and oxygen atoms in total. The molecule has 0 fully saturated rings. The van der Waals surface area contributed by atoms with Crippen LogP contribution in [0, 0.1) is 30.6 Å². The maximum atomic E-state index is 3.86. The van der Waals surface area contributed by atoms with Crippen molar-refractivity contribution in [1.29, 1.82) is 0 Å². The van der Waals surface area contributed by atoms with Gasteiger partial charge in [-0.3, -0.25) is 0 Å². The second-order valence-electron chi connectivity index (χ2n) is 2.94. The van der Waals surface area contributed by atoms with Gasteiger partial charge in [-0.05, 0) is 19.3 Å². The van der Waals surface area contributed by atoms with Crippen LogP contribution in [0.15, 0.2) is 0 Å². The Morgan fingerprint density at radius 3 is 2.40 bits per heavy atom. The van der Waals surface area contributed by atoms with Gasteiger partial charge >= 0.3 is 0 Å². The molecule has 0 heteroatoms. The quantitative estimate of drug-likeness (QED) is 0.513. The van der Waals surface area contributed by atoms with E-state index in [1.165, 1.54) is 0 Å². The lowest BCUT2D eigenvalue weighted by Crippen LogP contribution is -1.87. The Morgan fingerprint density at radius 1 is 1.40 bits per heavy atom. The van der Waals surface area contributed by atoms with Gasteiger partial charge in [-0.25, -0.2) is 0 Å². The van der Waals surface area contributed by atoms with Crippen LogP contribution >= 0.6 is 0 Å². The first-order valence-corrected chi connectivity index (χ1v) is 3.98. The van der Waals surface area contributed by atoms with E-state index in [9.17, 15) is 0 Å². The topological polar surface area (TPSA) is 0 Å². The molecular formula is C10H17. The highest BCUT2D eigenvalue weighted by Crippen LogP contribution is 1.99. The molecule has 0 bridgehead atoms. The van der Waals surface area contributed by atoms with Crippen LogP contribution in [0.4, 0.5) is 0 Å². The van der Waals surface area contributed by atoms with E-state index in [0.717, 1.165) is 12.8 Å². The van der Waals surface area contributed by atoms with E-state index in [2.05, 4.69) is 39.5 Å². The third kappa shape index (κ3) is 5.69. The molecule has 0 N–H and O–H groups in total. The van der Waals surface area contributed by atoms with Crippen molar-refractivity contribution < 1.29 is 0 Å². The predicted octanol–water partition coefficient (Wildman–Crippen LogP) is 2.90. The van der Waals surface area contributed by atoms with Crippen molar-refractivity contribution in [1.82, 2.24) is 0 Å². The lowest BCUT2D eigenvalue weighted by molar-refractivity contribution is 0.714. The highest BCUT2D eigenvalue weighted by atomic mass is 13.9. The molecule has 0 aromatic heterocycles. The van der Waals surface area contributed by atoms with Gasteiger partial charge in [0.25, 0.3) is 0 Å². The van der Waals surface area contributed by atoms with Crippen LogP contribution in [0.25, 0.3) is 0 Å². The summed E-state index contributed by atoms with van der Waals surface area (Å²) in [5, 5.41) is 0. The Morgan fingerprint density at radius 2 is 2.00 bits per heavy atom. The zero-order valence-electron chi connectivity index (χ0n) is 7.28. The number of rotatable bonds is 2. The van der Waals surface area contributed by atoms with Crippen LogP contribution in [-0.2, 0) is 0 Å². The summed E-state index contributed by atoms with van der Waals surface area (Å²) in [5.41, 5.74) is 0. The summed E-state index contributed by atoms with van der Waals surface area (Å²) in [6.45, 7) is 10.3. The van der Waals surface area contributed by atoms with Crippen molar-refractivity contribution in [3.63, 3.8) is 0 Å². The summed E-state index contributed by atoms with van der Waals surface area (Å²) in [5.74, 6) is 7.32. The summed E-state index contributed by atoms with van der Waals surface area (Å²) in [4.78, 5) is 0. The monoisotopic (exact) mass is 137 g/mol. The fourth-order valence-corrected chi connectivity index (χ4v) is 0.509. The van der Waals surface area contributed by atoms with Crippen LogP contribution in [0.3, 0.4) is 0 Å². The molecule has 0 aromatic rings. The normalized spacial score (nSPS) is 12.5. The molecular weight excluding hydrogens is 120 g/mol. The minimum atomic E-state index is 0.469. The van der Waals surface area contributed by atoms with Gasteiger partial charge in [0, 0.05) is 12.3 Å². The minimum Gasteiger partial charge on any atom is -0.103 e. The van der Waals surface area contributed by atoms with Gasteiger partial charge in [0.15, 0.2) is 0 Å². The fourth-order valence-electron chi connectivity index (χ4n) is 0.509. The zero-order chi connectivity index (χ0) is 7.98. The Balaban J connectivity index is 3.48. The fraction of sp³-hybridized carbons (Fsp3) is 0.700. The Bertz CT molecular complexity index is 123. The molecule has 0 amide bonds. The molecule has 2 unspecified atom stereocenters. The molecule has 0 saturated heterocycles. The summed E-state index contributed by atoms with van der Waals surface area (Å²) in [6, 6.07) is 0. The summed E-state index contributed by atoms with van der Waals surface area (Å²) < 4.78 is 0. The second kappa shape index (κ2) is 5.35. The molecule has 57 valence electrons. The first kappa shape index (κ1) is 9.56. The van der Waals surface area contributed by atoms with Crippen LogP contribution in [0.2, 0.25) is 0 Å². The third-order valence-corrected chi connectivity index (χ3v) is 1.41. The Hall–Kier alpha value is -0.440. The third-order valence-electron chi connectivity index (χ3n) is 1.41. The predicted molar refractivity (Wildman–Crippen MR) is 46.4 cm³/mol. The van der Waals surface area contributed by atoms with E-state index in [0.29, 0.717) is 11.8 Å². The van der Waals surface area contributed by atoms with E-state index in [-0.39, 0.29) is 0 Å². The second-order valence-corrected chi connectivity index (χ2v) is 2.94. The molecule has 0 rings (SSSR count). The molecule has 0 saturated carbocycles. The summed E-state index contributed by atoms with van der Waals surface area (Å²) >= 11 is 0. The smallest absolute Gasteiger partial charge is 0.0171 e. The van der Waals surface area contributed by atoms with Crippen LogP contribution in [0.1, 0.15) is 33.6 Å². The number of hydrogen-bond acceptors (Lipinski definition) is 0. The van der Waals surface area contributed by atoms with E-state index < -0.39 is 0 Å². The SMILES string of the molecule is [CH2]C(C)CC#CC(C)CC. The zero-order valence-corrected chi connectivity index (χ0v) is 7.28. The summed E-state index contributed by atoms with van der Waals surface area (Å²) in [7, 11) is 0. The average molecular weight is 137 g/mol. The first-order chi connectivity index (χ1) is 4.66. The maximum Gasteiger partial charge on any atom is 0.0171 e. The largest absolute Gasteiger partial charge is 0.103 e. The van der Waals surface area contributed by atoms with Crippen molar-refractivity contribution >= 4 is 0 Å². The standard InChI is InChI=1S/C10H17/c1-5-10(4)8-6-7-9(2)3/h9-10H,2,5,7H2,1,3-4H3. The Labute approximate surface area is 65.0 Å². The van der Waals surface area contributed by atoms with Crippen molar-refractivity contribution in [3.05, 3.63) is 6.92 Å². The molecule has 0 aliphatic heterocycles. The molecule has 1 radical (unpaired) electrons. The molecule has 0 aromatic carbocycles. The van der Waals surface area contributed by atoms with Crippen LogP contribution < -0.4 is 0 Å². The molecule has 0 heterocycles. The van der Waals surface area contributed by atoms with E-state index in [4.69, 9.17) is 0 Å². The number of hydrogen-bond donors (Lipinski definition) is 0. The van der Waals surface area contributed by atoms with Gasteiger partial charge in [0.2, 0.25) is 0 Å². The van der Waals surface area contributed by atoms with Crippen LogP contribution in [0.5, 0.6) is 0 Å². The van der Waals surface area contributed by atoms with Crippen molar-refractivity contribution in [2.24, 2.45) is 11.8 Å². The van der Waals surface area contributed by atoms with Gasteiger partial charge in [0.1, 0.15) is 0 Å². The summed E-state index contributed by atoms with van der Waals surface area (Å²) in [6.07, 6.45) is 2.09. The highest BCUT2D eigenvalue weighted by Gasteiger charge is 1.90. The first-order valence-electron chi connectivity index (χ1n) is 3.98. The maximum absolute atomic E-state index is 3.86. The Kier molecular flexibility index (Phi) is 5.12. The highest BCUT2D eigenvalue weighted by molar-refractivity contribution is 5.02. The lowest BCUT2D eigenvalue weighted by Gasteiger charge is -1.96. The lowest BCUT2D eigenvalue weighted by atomic mass is 10.1. The molecule has 0 aliphatic carbocycles. The molecule has 10 heavy (non-hydrogen) atoms. The average Bonchev–Trinajstić information content (AvgIpc) is 1.87.